The molecule has 4 aromatic heterocycles. The molecule has 9 nitrogen and oxygen atoms in total. The van der Waals surface area contributed by atoms with Gasteiger partial charge in [0.15, 0.2) is 0 Å². The Hall–Kier alpha value is -4.90. The first-order valence-electron chi connectivity index (χ1n) is 14.5. The molecule has 4 heterocycles. The normalized spacial score (nSPS) is 12.2. The van der Waals surface area contributed by atoms with Crippen molar-refractivity contribution in [3.8, 4) is 33.8 Å². The lowest BCUT2D eigenvalue weighted by Gasteiger charge is -2.17. The van der Waals surface area contributed by atoms with Gasteiger partial charge in [-0.25, -0.2) is 17.8 Å². The highest BCUT2D eigenvalue weighted by atomic mass is 32.2. The van der Waals surface area contributed by atoms with Crippen molar-refractivity contribution >= 4 is 43.4 Å². The van der Waals surface area contributed by atoms with E-state index in [-0.39, 0.29) is 23.5 Å². The van der Waals surface area contributed by atoms with E-state index in [1.807, 2.05) is 69.3 Å². The second kappa shape index (κ2) is 11.6. The van der Waals surface area contributed by atoms with Crippen molar-refractivity contribution in [1.29, 1.82) is 0 Å². The maximum Gasteiger partial charge on any atom is 0.224 e. The Morgan fingerprint density at radius 2 is 1.80 bits per heavy atom. The van der Waals surface area contributed by atoms with E-state index in [1.165, 1.54) is 18.4 Å². The number of hydrogen-bond acceptors (Lipinski definition) is 6. The minimum absolute atomic E-state index is 0.0538. The van der Waals surface area contributed by atoms with Gasteiger partial charge in [0.2, 0.25) is 5.91 Å². The van der Waals surface area contributed by atoms with Gasteiger partial charge in [-0.05, 0) is 71.0 Å². The highest BCUT2D eigenvalue weighted by Gasteiger charge is 2.18. The maximum atomic E-state index is 14.7. The van der Waals surface area contributed by atoms with Crippen LogP contribution in [0, 0.1) is 11.2 Å². The van der Waals surface area contributed by atoms with E-state index >= 15 is 0 Å². The number of H-pyrrole nitrogens is 2. The van der Waals surface area contributed by atoms with Gasteiger partial charge in [-0.15, -0.1) is 0 Å². The van der Waals surface area contributed by atoms with Crippen molar-refractivity contribution in [1.82, 2.24) is 25.1 Å². The van der Waals surface area contributed by atoms with Crippen molar-refractivity contribution in [2.45, 2.75) is 33.6 Å². The molecule has 0 fully saturated rings. The first kappa shape index (κ1) is 30.1. The summed E-state index contributed by atoms with van der Waals surface area (Å²) in [5, 5.41) is 11.4. The van der Waals surface area contributed by atoms with Crippen molar-refractivity contribution in [3.05, 3.63) is 84.4 Å². The van der Waals surface area contributed by atoms with Gasteiger partial charge in [0.1, 0.15) is 26.9 Å². The van der Waals surface area contributed by atoms with E-state index in [0.29, 0.717) is 40.1 Å². The third-order valence-electron chi connectivity index (χ3n) is 7.37. The number of rotatable bonds is 8. The molecule has 6 rings (SSSR count). The van der Waals surface area contributed by atoms with Gasteiger partial charge in [-0.2, -0.15) is 5.10 Å². The van der Waals surface area contributed by atoms with Crippen LogP contribution in [0.25, 0.3) is 55.7 Å². The highest BCUT2D eigenvalue weighted by molar-refractivity contribution is 7.90. The lowest BCUT2D eigenvalue weighted by atomic mass is 9.92. The second-order valence-electron chi connectivity index (χ2n) is 12.6. The molecule has 0 saturated heterocycles. The zero-order chi connectivity index (χ0) is 31.9. The van der Waals surface area contributed by atoms with Crippen molar-refractivity contribution in [2.24, 2.45) is 5.41 Å². The molecule has 3 N–H and O–H groups in total. The Morgan fingerprint density at radius 3 is 2.58 bits per heavy atom. The van der Waals surface area contributed by atoms with Gasteiger partial charge in [0.25, 0.3) is 0 Å². The zero-order valence-corrected chi connectivity index (χ0v) is 26.2. The average molecular weight is 625 g/mol. The molecule has 0 unspecified atom stereocenters. The molecule has 6 aromatic rings. The summed E-state index contributed by atoms with van der Waals surface area (Å²) in [5.41, 5.74) is 7.52. The van der Waals surface area contributed by atoms with E-state index in [0.717, 1.165) is 33.2 Å². The topological polar surface area (TPSA) is 133 Å². The number of aromatic amines is 2. The number of sulfone groups is 1. The standard InChI is InChI=1S/C34H33FN6O3S/c1-34(2,3)17-31(42)37-24-15-22(18-36-19-24)27-8-9-29-32(39-27)33(41-40-29)30-16-26-25(6-5-7-28(26)38-30)21-12-20(13-23(35)14-21)10-11-45(4,43)44/h5-9,12-16,18-19,38H,10-11,17H2,1-4H3,(H,37,42)(H,40,41). The van der Waals surface area contributed by atoms with Crippen LogP contribution < -0.4 is 5.32 Å². The molecule has 45 heavy (non-hydrogen) atoms. The van der Waals surface area contributed by atoms with Crippen LogP contribution in [-0.2, 0) is 21.1 Å². The van der Waals surface area contributed by atoms with Crippen LogP contribution in [0.2, 0.25) is 0 Å². The molecule has 11 heteroatoms. The molecule has 1 amide bonds. The smallest absolute Gasteiger partial charge is 0.224 e. The average Bonchev–Trinajstić information content (AvgIpc) is 3.58. The molecule has 230 valence electrons. The molecule has 2 aromatic carbocycles. The number of nitrogens with zero attached hydrogens (tertiary/aromatic N) is 3. The summed E-state index contributed by atoms with van der Waals surface area (Å²) >= 11 is 0. The SMILES string of the molecule is CC(C)(C)CC(=O)Nc1cncc(-c2ccc3[nH]nc(-c4cc5c(-c6cc(F)cc(CCS(C)(=O)=O)c6)cccc5[nH]4)c3n2)c1. The Balaban J connectivity index is 1.34. The minimum Gasteiger partial charge on any atom is -0.353 e. The van der Waals surface area contributed by atoms with E-state index in [4.69, 9.17) is 4.98 Å². The largest absolute Gasteiger partial charge is 0.353 e. The van der Waals surface area contributed by atoms with Gasteiger partial charge in [0, 0.05) is 35.3 Å². The number of hydrogen-bond donors (Lipinski definition) is 3. The summed E-state index contributed by atoms with van der Waals surface area (Å²) in [6.07, 6.45) is 5.10. The summed E-state index contributed by atoms with van der Waals surface area (Å²) in [5.74, 6) is -0.559. The molecule has 0 aliphatic carbocycles. The van der Waals surface area contributed by atoms with Crippen LogP contribution in [0.3, 0.4) is 0 Å². The third-order valence-corrected chi connectivity index (χ3v) is 8.31. The Labute approximate surface area is 260 Å². The number of aromatic nitrogens is 5. The van der Waals surface area contributed by atoms with E-state index in [2.05, 4.69) is 25.5 Å². The van der Waals surface area contributed by atoms with Crippen LogP contribution >= 0.6 is 0 Å². The first-order valence-corrected chi connectivity index (χ1v) is 16.6. The summed E-state index contributed by atoms with van der Waals surface area (Å²) < 4.78 is 38.1. The van der Waals surface area contributed by atoms with Gasteiger partial charge in [0.05, 0.1) is 34.5 Å². The van der Waals surface area contributed by atoms with Crippen LogP contribution in [0.1, 0.15) is 32.8 Å². The molecular formula is C34H33FN6O3S. The van der Waals surface area contributed by atoms with Gasteiger partial charge in [-0.3, -0.25) is 14.9 Å². The van der Waals surface area contributed by atoms with Gasteiger partial charge >= 0.3 is 0 Å². The molecular weight excluding hydrogens is 591 g/mol. The van der Waals surface area contributed by atoms with E-state index < -0.39 is 15.7 Å². The monoisotopic (exact) mass is 624 g/mol. The number of pyridine rings is 2. The van der Waals surface area contributed by atoms with Crippen molar-refractivity contribution in [2.75, 3.05) is 17.3 Å². The lowest BCUT2D eigenvalue weighted by molar-refractivity contribution is -0.117. The number of aryl methyl sites for hydroxylation is 1. The zero-order valence-electron chi connectivity index (χ0n) is 25.4. The van der Waals surface area contributed by atoms with Crippen LogP contribution in [-0.4, -0.2) is 51.5 Å². The fourth-order valence-electron chi connectivity index (χ4n) is 5.37. The predicted molar refractivity (Wildman–Crippen MR) is 176 cm³/mol. The number of nitrogens with one attached hydrogen (secondary N) is 3. The van der Waals surface area contributed by atoms with Crippen LogP contribution in [0.15, 0.2) is 73.1 Å². The number of amides is 1. The molecule has 0 bridgehead atoms. The summed E-state index contributed by atoms with van der Waals surface area (Å²) in [6, 6.07) is 18.0. The quantitative estimate of drug-likeness (QED) is 0.168. The molecule has 0 spiro atoms. The predicted octanol–water partition coefficient (Wildman–Crippen LogP) is 6.94. The number of carbonyl (C=O) groups is 1. The summed E-state index contributed by atoms with van der Waals surface area (Å²) in [7, 11) is -3.18. The minimum atomic E-state index is -3.18. The highest BCUT2D eigenvalue weighted by Crippen LogP contribution is 2.35. The van der Waals surface area contributed by atoms with Crippen LogP contribution in [0.4, 0.5) is 10.1 Å². The number of anilines is 1. The van der Waals surface area contributed by atoms with Gasteiger partial charge < -0.3 is 10.3 Å². The number of fused-ring (bicyclic) bond motifs is 2. The fraction of sp³-hybridized carbons (Fsp3) is 0.235. The Bertz CT molecular complexity index is 2180. The molecule has 0 radical (unpaired) electrons. The summed E-state index contributed by atoms with van der Waals surface area (Å²) in [6.45, 7) is 6.04. The van der Waals surface area contributed by atoms with Crippen molar-refractivity contribution < 1.29 is 17.6 Å². The van der Waals surface area contributed by atoms with Gasteiger partial charge in [-0.1, -0.05) is 39.0 Å². The first-order chi connectivity index (χ1) is 21.3. The summed E-state index contributed by atoms with van der Waals surface area (Å²) in [4.78, 5) is 25.2. The number of halogens is 1. The second-order valence-corrected chi connectivity index (χ2v) is 14.9. The maximum absolute atomic E-state index is 14.7. The fourth-order valence-corrected chi connectivity index (χ4v) is 5.98. The number of benzene rings is 2. The van der Waals surface area contributed by atoms with E-state index in [1.54, 1.807) is 12.4 Å². The van der Waals surface area contributed by atoms with Crippen molar-refractivity contribution in [3.63, 3.8) is 0 Å². The Kier molecular flexibility index (Phi) is 7.74. The molecule has 0 saturated carbocycles. The van der Waals surface area contributed by atoms with Crippen LogP contribution in [0.5, 0.6) is 0 Å². The number of carbonyl (C=O) groups excluding carboxylic acids is 1. The third kappa shape index (κ3) is 6.93. The molecule has 0 aliphatic rings. The molecule has 0 aliphatic heterocycles. The lowest BCUT2D eigenvalue weighted by Crippen LogP contribution is -2.19. The molecule has 0 atom stereocenters. The van der Waals surface area contributed by atoms with E-state index in [9.17, 15) is 17.6 Å². The Morgan fingerprint density at radius 1 is 0.978 bits per heavy atom.